The summed E-state index contributed by atoms with van der Waals surface area (Å²) in [5.74, 6) is 1.93. The molecule has 2 aliphatic carbocycles. The van der Waals surface area contributed by atoms with Gasteiger partial charge in [-0.05, 0) is 48.8 Å². The van der Waals surface area contributed by atoms with Crippen LogP contribution in [0.25, 0.3) is 0 Å². The summed E-state index contributed by atoms with van der Waals surface area (Å²) in [7, 11) is 0. The van der Waals surface area contributed by atoms with Crippen molar-refractivity contribution in [1.82, 2.24) is 0 Å². The Morgan fingerprint density at radius 1 is 1.00 bits per heavy atom. The summed E-state index contributed by atoms with van der Waals surface area (Å²) in [5, 5.41) is 0. The van der Waals surface area contributed by atoms with Gasteiger partial charge in [-0.2, -0.15) is 0 Å². The second-order valence-corrected chi connectivity index (χ2v) is 6.81. The van der Waals surface area contributed by atoms with Crippen molar-refractivity contribution in [3.05, 3.63) is 0 Å². The van der Waals surface area contributed by atoms with Crippen LogP contribution in [0, 0.1) is 23.2 Å². The Kier molecular flexibility index (Phi) is 2.71. The van der Waals surface area contributed by atoms with Crippen LogP contribution in [0.4, 0.5) is 0 Å². The second kappa shape index (κ2) is 4.47. The van der Waals surface area contributed by atoms with Crippen molar-refractivity contribution in [2.24, 2.45) is 23.2 Å². The van der Waals surface area contributed by atoms with Crippen molar-refractivity contribution in [2.45, 2.75) is 72.1 Å². The van der Waals surface area contributed by atoms with Gasteiger partial charge in [-0.1, -0.05) is 46.5 Å². The first-order valence-electron chi connectivity index (χ1n) is 7.80. The first-order chi connectivity index (χ1) is 7.80. The van der Waals surface area contributed by atoms with E-state index in [1.807, 2.05) is 0 Å². The van der Waals surface area contributed by atoms with Gasteiger partial charge in [0.25, 0.3) is 0 Å². The van der Waals surface area contributed by atoms with Crippen LogP contribution in [-0.4, -0.2) is 0 Å². The van der Waals surface area contributed by atoms with E-state index in [0.717, 1.165) is 24.7 Å². The minimum absolute atomic E-state index is 0.224. The van der Waals surface area contributed by atoms with Gasteiger partial charge in [0.15, 0.2) is 0 Å². The molecule has 0 aliphatic heterocycles. The first-order valence-corrected chi connectivity index (χ1v) is 6.80. The second-order valence-electron chi connectivity index (χ2n) is 6.81. The summed E-state index contributed by atoms with van der Waals surface area (Å²) in [6, 6.07) is 0. The van der Waals surface area contributed by atoms with Crippen LogP contribution in [0.1, 0.15) is 74.8 Å². The average molecular weight is 210 g/mol. The first kappa shape index (κ1) is 9.07. The molecule has 0 heteroatoms. The molecule has 2 unspecified atom stereocenters. The zero-order chi connectivity index (χ0) is 12.7. The summed E-state index contributed by atoms with van der Waals surface area (Å²) in [5.41, 5.74) is -0.224. The molecule has 0 amide bonds. The number of fused-ring (bicyclic) bond motifs is 2. The van der Waals surface area contributed by atoms with Crippen LogP contribution in [0.2, 0.25) is 0 Å². The average Bonchev–Trinajstić information content (AvgIpc) is 2.37. The fourth-order valence-electron chi connectivity index (χ4n) is 3.63. The molecular weight excluding hydrogens is 180 g/mol. The van der Waals surface area contributed by atoms with Crippen molar-refractivity contribution in [3.63, 3.8) is 0 Å². The van der Waals surface area contributed by atoms with Crippen molar-refractivity contribution < 1.29 is 2.74 Å². The lowest BCUT2D eigenvalue weighted by Gasteiger charge is -2.36. The molecule has 0 heterocycles. The maximum atomic E-state index is 8.49. The molecule has 0 N–H and O–H groups in total. The quantitative estimate of drug-likeness (QED) is 0.569. The minimum Gasteiger partial charge on any atom is -0.0602 e. The van der Waals surface area contributed by atoms with Gasteiger partial charge in [0.05, 0.1) is 0 Å². The standard InChI is InChI=1S/C15H28/c1-15(2,3)11-14-9-12-6-4-5-7-13(8-12)10-14/h12-14H,4-11H2,1-3H3/i11D2. The molecule has 2 aliphatic rings. The highest BCUT2D eigenvalue weighted by Gasteiger charge is 2.32. The van der Waals surface area contributed by atoms with Crippen LogP contribution in [0.3, 0.4) is 0 Å². The lowest BCUT2D eigenvalue weighted by atomic mass is 9.70. The van der Waals surface area contributed by atoms with Crippen molar-refractivity contribution in [2.75, 3.05) is 0 Å². The van der Waals surface area contributed by atoms with Gasteiger partial charge in [-0.15, -0.1) is 0 Å². The molecule has 2 fully saturated rings. The van der Waals surface area contributed by atoms with E-state index in [4.69, 9.17) is 2.74 Å². The normalized spacial score (nSPS) is 40.3. The van der Waals surface area contributed by atoms with Gasteiger partial charge in [0, 0.05) is 2.74 Å². The molecule has 2 saturated carbocycles. The number of hydrogen-bond donors (Lipinski definition) is 0. The van der Waals surface area contributed by atoms with E-state index in [1.165, 1.54) is 32.1 Å². The Bertz CT molecular complexity index is 251. The molecule has 0 saturated heterocycles. The SMILES string of the molecule is [2H]C([2H])(C1CC2CCCCC(C2)C1)C(C)(C)C. The highest BCUT2D eigenvalue weighted by atomic mass is 14.4. The Hall–Kier alpha value is 0. The monoisotopic (exact) mass is 210 g/mol. The Labute approximate surface area is 98.6 Å². The molecule has 2 atom stereocenters. The topological polar surface area (TPSA) is 0 Å². The Morgan fingerprint density at radius 2 is 1.53 bits per heavy atom. The lowest BCUT2D eigenvalue weighted by Crippen LogP contribution is -2.24. The van der Waals surface area contributed by atoms with Gasteiger partial charge in [0.1, 0.15) is 0 Å². The van der Waals surface area contributed by atoms with Crippen molar-refractivity contribution in [3.8, 4) is 0 Å². The van der Waals surface area contributed by atoms with E-state index in [1.54, 1.807) is 0 Å². The van der Waals surface area contributed by atoms with E-state index in [0.29, 0.717) is 5.92 Å². The van der Waals surface area contributed by atoms with Gasteiger partial charge >= 0.3 is 0 Å². The molecule has 0 aromatic carbocycles. The molecule has 2 rings (SSSR count). The summed E-state index contributed by atoms with van der Waals surface area (Å²) < 4.78 is 17.0. The third-order valence-electron chi connectivity index (χ3n) is 4.01. The summed E-state index contributed by atoms with van der Waals surface area (Å²) in [6.07, 6.45) is 8.13. The Morgan fingerprint density at radius 3 is 2.00 bits per heavy atom. The highest BCUT2D eigenvalue weighted by Crippen LogP contribution is 2.44. The summed E-state index contributed by atoms with van der Waals surface area (Å²) in [6.45, 7) is 6.18. The van der Waals surface area contributed by atoms with Gasteiger partial charge in [-0.3, -0.25) is 0 Å². The van der Waals surface area contributed by atoms with Crippen molar-refractivity contribution in [1.29, 1.82) is 0 Å². The Balaban J connectivity index is 2.12. The maximum absolute atomic E-state index is 8.49. The predicted octanol–water partition coefficient (Wildman–Crippen LogP) is 5.03. The molecule has 0 radical (unpaired) electrons. The summed E-state index contributed by atoms with van der Waals surface area (Å²) in [4.78, 5) is 0. The zero-order valence-electron chi connectivity index (χ0n) is 12.7. The molecule has 0 nitrogen and oxygen atoms in total. The molecule has 15 heavy (non-hydrogen) atoms. The third-order valence-corrected chi connectivity index (χ3v) is 4.01. The van der Waals surface area contributed by atoms with E-state index in [9.17, 15) is 0 Å². The fraction of sp³-hybridized carbons (Fsp3) is 1.00. The van der Waals surface area contributed by atoms with E-state index in [2.05, 4.69) is 20.8 Å². The van der Waals surface area contributed by atoms with Crippen LogP contribution >= 0.6 is 0 Å². The number of hydrogen-bond acceptors (Lipinski definition) is 0. The smallest absolute Gasteiger partial charge is 0.0275 e. The van der Waals surface area contributed by atoms with Gasteiger partial charge in [-0.25, -0.2) is 0 Å². The molecule has 0 spiro atoms. The molecular formula is C15H28. The van der Waals surface area contributed by atoms with Crippen LogP contribution < -0.4 is 0 Å². The number of rotatable bonds is 1. The lowest BCUT2D eigenvalue weighted by molar-refractivity contribution is 0.152. The van der Waals surface area contributed by atoms with E-state index >= 15 is 0 Å². The van der Waals surface area contributed by atoms with E-state index < -0.39 is 6.37 Å². The maximum Gasteiger partial charge on any atom is 0.0275 e. The molecule has 0 aromatic heterocycles. The van der Waals surface area contributed by atoms with Crippen LogP contribution in [0.5, 0.6) is 0 Å². The van der Waals surface area contributed by atoms with Crippen LogP contribution in [-0.2, 0) is 0 Å². The van der Waals surface area contributed by atoms with Gasteiger partial charge in [0.2, 0.25) is 0 Å². The molecule has 2 bridgehead atoms. The predicted molar refractivity (Wildman–Crippen MR) is 66.9 cm³/mol. The van der Waals surface area contributed by atoms with Gasteiger partial charge < -0.3 is 0 Å². The largest absolute Gasteiger partial charge is 0.0602 e. The van der Waals surface area contributed by atoms with Crippen LogP contribution in [0.15, 0.2) is 0 Å². The van der Waals surface area contributed by atoms with E-state index in [-0.39, 0.29) is 5.41 Å². The fourth-order valence-corrected chi connectivity index (χ4v) is 3.63. The minimum atomic E-state index is -1.01. The molecule has 88 valence electrons. The third kappa shape index (κ3) is 3.50. The zero-order valence-corrected chi connectivity index (χ0v) is 10.7. The molecule has 0 aromatic rings. The van der Waals surface area contributed by atoms with Crippen molar-refractivity contribution >= 4 is 0 Å². The highest BCUT2D eigenvalue weighted by molar-refractivity contribution is 4.83. The summed E-state index contributed by atoms with van der Waals surface area (Å²) >= 11 is 0.